The first kappa shape index (κ1) is 14.4. The molecule has 0 fully saturated rings. The van der Waals surface area contributed by atoms with E-state index in [4.69, 9.17) is 4.74 Å². The summed E-state index contributed by atoms with van der Waals surface area (Å²) in [5.74, 6) is 0.909. The molecule has 0 amide bonds. The summed E-state index contributed by atoms with van der Waals surface area (Å²) in [5, 5.41) is 0. The third kappa shape index (κ3) is 3.50. The molecule has 0 unspecified atom stereocenters. The number of hydrogen-bond acceptors (Lipinski definition) is 2. The summed E-state index contributed by atoms with van der Waals surface area (Å²) in [6.45, 7) is 9.33. The molecule has 1 heterocycles. The molecule has 1 aromatic carbocycles. The average molecular weight is 270 g/mol. The minimum Gasteiger partial charge on any atom is -0.494 e. The molecular formula is C17H22N2O. The van der Waals surface area contributed by atoms with Crippen LogP contribution in [0.3, 0.4) is 0 Å². The van der Waals surface area contributed by atoms with Gasteiger partial charge in [0.25, 0.3) is 0 Å². The van der Waals surface area contributed by atoms with Crippen LogP contribution in [0.4, 0.5) is 0 Å². The fourth-order valence-electron chi connectivity index (χ4n) is 2.09. The monoisotopic (exact) mass is 270 g/mol. The highest BCUT2D eigenvalue weighted by Gasteiger charge is 2.19. The van der Waals surface area contributed by atoms with E-state index in [1.165, 1.54) is 11.1 Å². The predicted octanol–water partition coefficient (Wildman–Crippen LogP) is 4.33. The van der Waals surface area contributed by atoms with Crippen molar-refractivity contribution in [3.63, 3.8) is 0 Å². The maximum Gasteiger partial charge on any atom is 0.119 e. The predicted molar refractivity (Wildman–Crippen MR) is 83.5 cm³/mol. The Balaban J connectivity index is 2.37. The van der Waals surface area contributed by atoms with Crippen molar-refractivity contribution in [1.82, 2.24) is 9.55 Å². The van der Waals surface area contributed by atoms with E-state index in [0.717, 1.165) is 5.75 Å². The maximum atomic E-state index is 5.50. The average Bonchev–Trinajstić information content (AvgIpc) is 2.89. The number of rotatable bonds is 4. The van der Waals surface area contributed by atoms with Gasteiger partial charge in [0.15, 0.2) is 0 Å². The molecule has 3 nitrogen and oxygen atoms in total. The van der Waals surface area contributed by atoms with Crippen LogP contribution >= 0.6 is 0 Å². The number of aromatic nitrogens is 2. The molecule has 0 atom stereocenters. The molecule has 0 N–H and O–H groups in total. The van der Waals surface area contributed by atoms with Gasteiger partial charge >= 0.3 is 0 Å². The molecule has 0 radical (unpaired) electrons. The van der Waals surface area contributed by atoms with Gasteiger partial charge in [-0.3, -0.25) is 0 Å². The lowest BCUT2D eigenvalue weighted by atomic mass is 9.82. The van der Waals surface area contributed by atoms with Crippen molar-refractivity contribution in [2.75, 3.05) is 6.61 Å². The van der Waals surface area contributed by atoms with Gasteiger partial charge in [0.05, 0.1) is 12.9 Å². The summed E-state index contributed by atoms with van der Waals surface area (Å²) in [6.07, 6.45) is 7.66. The second kappa shape index (κ2) is 5.95. The molecule has 0 saturated heterocycles. The summed E-state index contributed by atoms with van der Waals surface area (Å²) < 4.78 is 7.48. The van der Waals surface area contributed by atoms with Crippen molar-refractivity contribution >= 4 is 11.8 Å². The summed E-state index contributed by atoms with van der Waals surface area (Å²) >= 11 is 0. The summed E-state index contributed by atoms with van der Waals surface area (Å²) in [7, 11) is 0. The Morgan fingerprint density at radius 3 is 2.45 bits per heavy atom. The molecule has 2 rings (SSSR count). The normalized spacial score (nSPS) is 12.5. The van der Waals surface area contributed by atoms with E-state index in [-0.39, 0.29) is 5.41 Å². The number of imidazole rings is 1. The van der Waals surface area contributed by atoms with Crippen LogP contribution in [-0.4, -0.2) is 16.2 Å². The highest BCUT2D eigenvalue weighted by Crippen LogP contribution is 2.35. The largest absolute Gasteiger partial charge is 0.494 e. The van der Waals surface area contributed by atoms with E-state index in [1.807, 2.05) is 29.8 Å². The molecule has 0 spiro atoms. The van der Waals surface area contributed by atoms with Gasteiger partial charge < -0.3 is 9.30 Å². The van der Waals surface area contributed by atoms with Crippen molar-refractivity contribution in [2.45, 2.75) is 27.7 Å². The summed E-state index contributed by atoms with van der Waals surface area (Å²) in [6, 6.07) is 8.26. The minimum atomic E-state index is 0.0530. The van der Waals surface area contributed by atoms with E-state index in [0.29, 0.717) is 6.61 Å². The van der Waals surface area contributed by atoms with E-state index in [1.54, 1.807) is 12.5 Å². The minimum absolute atomic E-state index is 0.0530. The van der Waals surface area contributed by atoms with E-state index in [9.17, 15) is 0 Å². The quantitative estimate of drug-likeness (QED) is 0.827. The van der Waals surface area contributed by atoms with Crippen LogP contribution in [0, 0.1) is 5.41 Å². The highest BCUT2D eigenvalue weighted by molar-refractivity contribution is 5.78. The van der Waals surface area contributed by atoms with Crippen LogP contribution in [0.1, 0.15) is 33.3 Å². The number of hydrogen-bond donors (Lipinski definition) is 0. The fraction of sp³-hybridized carbons (Fsp3) is 0.353. The first-order chi connectivity index (χ1) is 9.50. The van der Waals surface area contributed by atoms with Crippen LogP contribution in [0.5, 0.6) is 5.75 Å². The Morgan fingerprint density at radius 2 is 1.95 bits per heavy atom. The first-order valence-electron chi connectivity index (χ1n) is 6.93. The lowest BCUT2D eigenvalue weighted by molar-refractivity contribution is 0.340. The smallest absolute Gasteiger partial charge is 0.119 e. The van der Waals surface area contributed by atoms with Crippen LogP contribution in [0.15, 0.2) is 43.0 Å². The number of benzene rings is 1. The molecule has 3 heteroatoms. The van der Waals surface area contributed by atoms with Crippen molar-refractivity contribution in [2.24, 2.45) is 5.41 Å². The van der Waals surface area contributed by atoms with E-state index in [2.05, 4.69) is 44.1 Å². The molecule has 0 aliphatic heterocycles. The van der Waals surface area contributed by atoms with Gasteiger partial charge in [-0.15, -0.1) is 0 Å². The Morgan fingerprint density at radius 1 is 1.25 bits per heavy atom. The second-order valence-corrected chi connectivity index (χ2v) is 5.76. The zero-order chi connectivity index (χ0) is 14.6. The molecule has 20 heavy (non-hydrogen) atoms. The Kier molecular flexibility index (Phi) is 4.28. The van der Waals surface area contributed by atoms with Gasteiger partial charge in [-0.05, 0) is 35.6 Å². The van der Waals surface area contributed by atoms with Crippen molar-refractivity contribution < 1.29 is 4.74 Å². The van der Waals surface area contributed by atoms with Gasteiger partial charge in [0.2, 0.25) is 0 Å². The van der Waals surface area contributed by atoms with Crippen molar-refractivity contribution in [3.05, 3.63) is 48.5 Å². The topological polar surface area (TPSA) is 27.1 Å². The SMILES string of the molecule is CCOc1ccc(C(=Cn2ccnc2)C(C)(C)C)cc1. The number of ether oxygens (including phenoxy) is 1. The lowest BCUT2D eigenvalue weighted by Gasteiger charge is -2.24. The van der Waals surface area contributed by atoms with Crippen molar-refractivity contribution in [1.29, 1.82) is 0 Å². The molecule has 0 aliphatic carbocycles. The van der Waals surface area contributed by atoms with Crippen molar-refractivity contribution in [3.8, 4) is 5.75 Å². The molecule has 106 valence electrons. The Labute approximate surface area is 120 Å². The molecule has 0 bridgehead atoms. The Hall–Kier alpha value is -2.03. The first-order valence-corrected chi connectivity index (χ1v) is 6.93. The van der Waals surface area contributed by atoms with Crippen LogP contribution in [0.25, 0.3) is 11.8 Å². The third-order valence-corrected chi connectivity index (χ3v) is 3.09. The highest BCUT2D eigenvalue weighted by atomic mass is 16.5. The molecule has 2 aromatic rings. The molecule has 0 saturated carbocycles. The zero-order valence-electron chi connectivity index (χ0n) is 12.6. The summed E-state index contributed by atoms with van der Waals surface area (Å²) in [4.78, 5) is 4.09. The summed E-state index contributed by atoms with van der Waals surface area (Å²) in [5.41, 5.74) is 2.52. The van der Waals surface area contributed by atoms with E-state index < -0.39 is 0 Å². The molecule has 1 aromatic heterocycles. The maximum absolute atomic E-state index is 5.50. The second-order valence-electron chi connectivity index (χ2n) is 5.76. The Bertz CT molecular complexity index is 560. The van der Waals surface area contributed by atoms with E-state index >= 15 is 0 Å². The molecular weight excluding hydrogens is 248 g/mol. The van der Waals surface area contributed by atoms with Gasteiger partial charge in [-0.1, -0.05) is 32.9 Å². The van der Waals surface area contributed by atoms with Gasteiger partial charge in [0.1, 0.15) is 5.75 Å². The fourth-order valence-corrected chi connectivity index (χ4v) is 2.09. The lowest BCUT2D eigenvalue weighted by Crippen LogP contribution is -2.09. The third-order valence-electron chi connectivity index (χ3n) is 3.09. The van der Waals surface area contributed by atoms with Crippen LogP contribution < -0.4 is 4.74 Å². The standard InChI is InChI=1S/C17H22N2O/c1-5-20-15-8-6-14(7-9-15)16(17(2,3)4)12-19-11-10-18-13-19/h6-13H,5H2,1-4H3. The number of nitrogens with zero attached hydrogens (tertiary/aromatic N) is 2. The number of allylic oxidation sites excluding steroid dienone is 1. The van der Waals surface area contributed by atoms with Crippen LogP contribution in [0.2, 0.25) is 0 Å². The molecule has 0 aliphatic rings. The van der Waals surface area contributed by atoms with Gasteiger partial charge in [0, 0.05) is 18.6 Å². The van der Waals surface area contributed by atoms with Gasteiger partial charge in [-0.2, -0.15) is 0 Å². The van der Waals surface area contributed by atoms with Gasteiger partial charge in [-0.25, -0.2) is 4.98 Å². The zero-order valence-corrected chi connectivity index (χ0v) is 12.6. The van der Waals surface area contributed by atoms with Crippen LogP contribution in [-0.2, 0) is 0 Å².